The highest BCUT2D eigenvalue weighted by Gasteiger charge is 2.42. The summed E-state index contributed by atoms with van der Waals surface area (Å²) in [5, 5.41) is 9.04. The van der Waals surface area contributed by atoms with Crippen LogP contribution in [0.4, 0.5) is 37.7 Å². The number of fused-ring (bicyclic) bond motifs is 1. The number of sulfonamides is 1. The Morgan fingerprint density at radius 3 is 2.35 bits per heavy atom. The molecule has 1 unspecified atom stereocenters. The number of alkyl halides is 5. The molecule has 1 aliphatic rings. The first-order valence-electron chi connectivity index (χ1n) is 11.0. The summed E-state index contributed by atoms with van der Waals surface area (Å²) in [6.07, 6.45) is -8.73. The van der Waals surface area contributed by atoms with Gasteiger partial charge in [0, 0.05) is 37.8 Å². The van der Waals surface area contributed by atoms with Crippen LogP contribution in [0.25, 0.3) is 0 Å². The van der Waals surface area contributed by atoms with Gasteiger partial charge in [0.05, 0.1) is 17.2 Å². The Hall–Kier alpha value is -3.00. The van der Waals surface area contributed by atoms with Crippen molar-refractivity contribution in [3.05, 3.63) is 47.8 Å². The first-order valence-corrected chi connectivity index (χ1v) is 12.5. The van der Waals surface area contributed by atoms with Crippen LogP contribution in [-0.4, -0.2) is 56.5 Å². The Labute approximate surface area is 209 Å². The number of benzene rings is 2. The van der Waals surface area contributed by atoms with E-state index in [1.165, 1.54) is 24.0 Å². The van der Waals surface area contributed by atoms with Crippen LogP contribution < -0.4 is 9.64 Å². The highest BCUT2D eigenvalue weighted by atomic mass is 32.2. The molecule has 1 N–H and O–H groups in total. The van der Waals surface area contributed by atoms with Gasteiger partial charge in [-0.25, -0.2) is 21.6 Å². The highest BCUT2D eigenvalue weighted by Crippen LogP contribution is 2.45. The summed E-state index contributed by atoms with van der Waals surface area (Å²) in [5.41, 5.74) is -1.64. The highest BCUT2D eigenvalue weighted by molar-refractivity contribution is 7.89. The number of hydrogen-bond acceptors (Lipinski definition) is 5. The van der Waals surface area contributed by atoms with E-state index >= 15 is 0 Å². The molecular formula is C23H24F6N2O5S. The van der Waals surface area contributed by atoms with Crippen LogP contribution in [0, 0.1) is 11.7 Å². The molecule has 2 aromatic rings. The molecule has 0 fully saturated rings. The zero-order chi connectivity index (χ0) is 27.7. The fourth-order valence-corrected chi connectivity index (χ4v) is 5.39. The van der Waals surface area contributed by atoms with Crippen LogP contribution in [0.5, 0.6) is 5.75 Å². The van der Waals surface area contributed by atoms with Crippen molar-refractivity contribution in [2.24, 2.45) is 5.92 Å². The molecule has 1 aliphatic heterocycles. The lowest BCUT2D eigenvalue weighted by molar-refractivity contribution is -0.142. The lowest BCUT2D eigenvalue weighted by Gasteiger charge is -2.30. The zero-order valence-electron chi connectivity index (χ0n) is 19.7. The van der Waals surface area contributed by atoms with E-state index in [0.717, 1.165) is 23.5 Å². The van der Waals surface area contributed by atoms with E-state index < -0.39 is 81.3 Å². The average molecular weight is 555 g/mol. The predicted molar refractivity (Wildman–Crippen MR) is 121 cm³/mol. The molecule has 0 spiro atoms. The number of carboxylic acids is 1. The third-order valence-corrected chi connectivity index (χ3v) is 7.93. The molecule has 3 rings (SSSR count). The van der Waals surface area contributed by atoms with Gasteiger partial charge in [-0.2, -0.15) is 17.5 Å². The molecule has 0 aliphatic carbocycles. The van der Waals surface area contributed by atoms with Crippen molar-refractivity contribution in [1.29, 1.82) is 0 Å². The number of ether oxygens (including phenoxy) is 1. The lowest BCUT2D eigenvalue weighted by atomic mass is 10.1. The lowest BCUT2D eigenvalue weighted by Crippen LogP contribution is -2.41. The molecule has 204 valence electrons. The number of nitrogens with zero attached hydrogens (tertiary/aromatic N) is 2. The van der Waals surface area contributed by atoms with E-state index in [0.29, 0.717) is 12.1 Å². The smallest absolute Gasteiger partial charge is 0.420 e. The Balaban J connectivity index is 2.25. The van der Waals surface area contributed by atoms with E-state index in [1.807, 2.05) is 0 Å². The fourth-order valence-electron chi connectivity index (χ4n) is 3.83. The number of rotatable bonds is 8. The molecule has 37 heavy (non-hydrogen) atoms. The van der Waals surface area contributed by atoms with Crippen LogP contribution >= 0.6 is 0 Å². The van der Waals surface area contributed by atoms with Gasteiger partial charge in [-0.3, -0.25) is 4.79 Å². The number of hydrogen-bond donors (Lipinski definition) is 1. The standard InChI is InChI=1S/C23H24F6N2O5S/c1-13(22(32)33)12-36-19-10-20-18(9-17(19)23(27,28)29)31(15-5-3-14(24)4-6-15)11-16(7-8-21(25)26)30(2)37(20,34)35/h3-6,9-10,13,16,21H,7-8,11-12H2,1-2H3,(H,32,33)/t13?,16-/m1/s1. The van der Waals surface area contributed by atoms with Gasteiger partial charge in [0.25, 0.3) is 0 Å². The number of aliphatic carboxylic acids is 1. The number of halogens is 6. The van der Waals surface area contributed by atoms with E-state index in [1.54, 1.807) is 0 Å². The molecular weight excluding hydrogens is 530 g/mol. The Kier molecular flexibility index (Phi) is 8.32. The zero-order valence-corrected chi connectivity index (χ0v) is 20.5. The quantitative estimate of drug-likeness (QED) is 0.456. The van der Waals surface area contributed by atoms with Crippen LogP contribution in [0.15, 0.2) is 41.3 Å². The van der Waals surface area contributed by atoms with Gasteiger partial charge >= 0.3 is 12.1 Å². The van der Waals surface area contributed by atoms with E-state index in [4.69, 9.17) is 9.84 Å². The third kappa shape index (κ3) is 6.29. The third-order valence-electron chi connectivity index (χ3n) is 5.99. The van der Waals surface area contributed by atoms with Crippen molar-refractivity contribution in [2.45, 2.75) is 43.3 Å². The predicted octanol–water partition coefficient (Wildman–Crippen LogP) is 5.13. The normalized spacial score (nSPS) is 18.8. The van der Waals surface area contributed by atoms with Crippen LogP contribution in [0.1, 0.15) is 25.3 Å². The minimum atomic E-state index is -5.03. The maximum absolute atomic E-state index is 14.0. The van der Waals surface area contributed by atoms with Crippen molar-refractivity contribution < 1.29 is 49.4 Å². The number of likely N-dealkylation sites (N-methyl/N-ethyl adjacent to an activating group) is 1. The molecule has 0 saturated carbocycles. The van der Waals surface area contributed by atoms with Crippen molar-refractivity contribution >= 4 is 27.4 Å². The van der Waals surface area contributed by atoms with E-state index in [-0.39, 0.29) is 18.7 Å². The first kappa shape index (κ1) is 28.6. The van der Waals surface area contributed by atoms with Gasteiger partial charge in [-0.15, -0.1) is 0 Å². The summed E-state index contributed by atoms with van der Waals surface area (Å²) in [7, 11) is -3.40. The van der Waals surface area contributed by atoms with Crippen molar-refractivity contribution in [3.63, 3.8) is 0 Å². The summed E-state index contributed by atoms with van der Waals surface area (Å²) < 4.78 is 115. The molecule has 0 radical (unpaired) electrons. The maximum atomic E-state index is 14.0. The monoisotopic (exact) mass is 554 g/mol. The second kappa shape index (κ2) is 10.8. The Morgan fingerprint density at radius 2 is 1.81 bits per heavy atom. The van der Waals surface area contributed by atoms with Crippen LogP contribution in [-0.2, 0) is 21.0 Å². The second-order valence-corrected chi connectivity index (χ2v) is 10.6. The average Bonchev–Trinajstić information content (AvgIpc) is 2.88. The van der Waals surface area contributed by atoms with Gasteiger partial charge in [-0.1, -0.05) is 0 Å². The minimum Gasteiger partial charge on any atom is -0.492 e. The van der Waals surface area contributed by atoms with Crippen molar-refractivity contribution in [1.82, 2.24) is 4.31 Å². The van der Waals surface area contributed by atoms with E-state index in [2.05, 4.69) is 0 Å². The summed E-state index contributed by atoms with van der Waals surface area (Å²) in [6.45, 7) is 0.230. The molecule has 1 heterocycles. The van der Waals surface area contributed by atoms with Gasteiger partial charge < -0.3 is 14.7 Å². The first-order chi connectivity index (χ1) is 17.1. The molecule has 0 aromatic heterocycles. The van der Waals surface area contributed by atoms with Crippen molar-refractivity contribution in [3.8, 4) is 5.75 Å². The SMILES string of the molecule is CC(COc1cc2c(cc1C(F)(F)F)N(c1ccc(F)cc1)C[C@@H](CCC(F)F)N(C)S2(=O)=O)C(=O)O. The largest absolute Gasteiger partial charge is 0.492 e. The minimum absolute atomic E-state index is 0.136. The van der Waals surface area contributed by atoms with Crippen LogP contribution in [0.3, 0.4) is 0 Å². The number of anilines is 2. The topological polar surface area (TPSA) is 87.2 Å². The summed E-state index contributed by atoms with van der Waals surface area (Å²) >= 11 is 0. The molecule has 2 aromatic carbocycles. The summed E-state index contributed by atoms with van der Waals surface area (Å²) in [4.78, 5) is 11.7. The van der Waals surface area contributed by atoms with Crippen molar-refractivity contribution in [2.75, 3.05) is 25.1 Å². The number of carboxylic acid groups (broad SMARTS) is 1. The Morgan fingerprint density at radius 1 is 1.19 bits per heavy atom. The molecule has 0 bridgehead atoms. The molecule has 14 heteroatoms. The molecule has 2 atom stereocenters. The van der Waals surface area contributed by atoms with Crippen LogP contribution in [0.2, 0.25) is 0 Å². The molecule has 7 nitrogen and oxygen atoms in total. The van der Waals surface area contributed by atoms with Gasteiger partial charge in [-0.05, 0) is 43.7 Å². The Bertz CT molecular complexity index is 1240. The summed E-state index contributed by atoms with van der Waals surface area (Å²) in [6, 6.07) is 4.66. The maximum Gasteiger partial charge on any atom is 0.420 e. The molecule has 0 saturated heterocycles. The fraction of sp³-hybridized carbons (Fsp3) is 0.435. The number of carbonyl (C=O) groups is 1. The molecule has 0 amide bonds. The van der Waals surface area contributed by atoms with Gasteiger partial charge in [0.1, 0.15) is 23.1 Å². The summed E-state index contributed by atoms with van der Waals surface area (Å²) in [5.74, 6) is -4.08. The van der Waals surface area contributed by atoms with Gasteiger partial charge in [0.2, 0.25) is 16.4 Å². The van der Waals surface area contributed by atoms with Gasteiger partial charge in [0.15, 0.2) is 0 Å². The van der Waals surface area contributed by atoms with E-state index in [9.17, 15) is 39.6 Å². The second-order valence-electron chi connectivity index (χ2n) is 8.59.